The van der Waals surface area contributed by atoms with E-state index in [0.29, 0.717) is 25.5 Å². The number of rotatable bonds is 6. The number of guanidine groups is 1. The minimum absolute atomic E-state index is 0. The fourth-order valence-corrected chi connectivity index (χ4v) is 4.79. The zero-order valence-electron chi connectivity index (χ0n) is 18.1. The molecule has 3 N–H and O–H groups in total. The van der Waals surface area contributed by atoms with Crippen LogP contribution in [0.15, 0.2) is 59.6 Å². The third kappa shape index (κ3) is 5.99. The normalized spacial score (nSPS) is 15.4. The van der Waals surface area contributed by atoms with Crippen molar-refractivity contribution in [2.45, 2.75) is 31.9 Å². The Morgan fingerprint density at radius 1 is 1.16 bits per heavy atom. The largest absolute Gasteiger partial charge is 0.386 e. The lowest BCUT2D eigenvalue weighted by Gasteiger charge is -2.26. The van der Waals surface area contributed by atoms with Gasteiger partial charge in [0.05, 0.1) is 0 Å². The summed E-state index contributed by atoms with van der Waals surface area (Å²) < 4.78 is 1.17. The number of thiophene rings is 1. The number of nitrogens with one attached hydrogen (secondary N) is 2. The molecule has 8 heteroatoms. The second kappa shape index (κ2) is 11.6. The number of carbonyl (C=O) groups excluding carboxylic acids is 1. The molecule has 1 atom stereocenters. The number of aliphatic hydroxyl groups is 1. The quantitative estimate of drug-likeness (QED) is 0.235. The second-order valence-electron chi connectivity index (χ2n) is 7.68. The van der Waals surface area contributed by atoms with Gasteiger partial charge >= 0.3 is 0 Å². The van der Waals surface area contributed by atoms with Gasteiger partial charge in [-0.05, 0) is 48.1 Å². The maximum Gasteiger partial charge on any atom is 0.226 e. The number of hydrogen-bond acceptors (Lipinski definition) is 4. The first-order valence-electron chi connectivity index (χ1n) is 10.6. The molecule has 1 aliphatic rings. The van der Waals surface area contributed by atoms with Gasteiger partial charge in [-0.2, -0.15) is 0 Å². The predicted octanol–water partition coefficient (Wildman–Crippen LogP) is 4.43. The van der Waals surface area contributed by atoms with E-state index in [1.165, 1.54) is 4.70 Å². The van der Waals surface area contributed by atoms with Gasteiger partial charge in [0.15, 0.2) is 5.96 Å². The minimum Gasteiger partial charge on any atom is -0.386 e. The van der Waals surface area contributed by atoms with E-state index >= 15 is 0 Å². The molecule has 32 heavy (non-hydrogen) atoms. The molecule has 0 bridgehead atoms. The Labute approximate surface area is 209 Å². The molecular formula is C24H29IN4O2S. The molecule has 170 valence electrons. The molecule has 3 aromatic rings. The third-order valence-electron chi connectivity index (χ3n) is 5.49. The number of anilines is 1. The summed E-state index contributed by atoms with van der Waals surface area (Å²) in [5, 5.41) is 18.2. The van der Waals surface area contributed by atoms with Gasteiger partial charge < -0.3 is 20.6 Å². The maximum atomic E-state index is 12.1. The Morgan fingerprint density at radius 3 is 2.66 bits per heavy atom. The molecule has 0 aliphatic carbocycles. The van der Waals surface area contributed by atoms with Gasteiger partial charge in [0.25, 0.3) is 0 Å². The number of halogens is 1. The molecule has 1 fully saturated rings. The Kier molecular flexibility index (Phi) is 8.89. The first kappa shape index (κ1) is 24.5. The lowest BCUT2D eigenvalue weighted by Crippen LogP contribution is -2.39. The monoisotopic (exact) mass is 564 g/mol. The predicted molar refractivity (Wildman–Crippen MR) is 143 cm³/mol. The van der Waals surface area contributed by atoms with Gasteiger partial charge in [0, 0.05) is 48.4 Å². The zero-order valence-corrected chi connectivity index (χ0v) is 21.2. The number of nitrogens with zero attached hydrogens (tertiary/aromatic N) is 2. The van der Waals surface area contributed by atoms with Crippen LogP contribution in [0.5, 0.6) is 0 Å². The van der Waals surface area contributed by atoms with Gasteiger partial charge in [-0.15, -0.1) is 35.3 Å². The molecule has 4 rings (SSSR count). The van der Waals surface area contributed by atoms with E-state index in [4.69, 9.17) is 0 Å². The van der Waals surface area contributed by atoms with Gasteiger partial charge in [0.1, 0.15) is 6.10 Å². The van der Waals surface area contributed by atoms with E-state index in [1.54, 1.807) is 18.4 Å². The third-order valence-corrected chi connectivity index (χ3v) is 6.71. The number of aliphatic hydroxyl groups excluding tert-OH is 1. The average molecular weight is 564 g/mol. The van der Waals surface area contributed by atoms with Gasteiger partial charge in [-0.1, -0.05) is 30.3 Å². The molecule has 1 saturated heterocycles. The van der Waals surface area contributed by atoms with Crippen LogP contribution in [0.1, 0.15) is 35.8 Å². The van der Waals surface area contributed by atoms with E-state index in [2.05, 4.69) is 27.8 Å². The van der Waals surface area contributed by atoms with Gasteiger partial charge in [-0.25, -0.2) is 0 Å². The number of benzene rings is 2. The van der Waals surface area contributed by atoms with Crippen LogP contribution < -0.4 is 15.5 Å². The summed E-state index contributed by atoms with van der Waals surface area (Å²) in [5.74, 6) is 0.842. The lowest BCUT2D eigenvalue weighted by molar-refractivity contribution is -0.119. The molecule has 1 aliphatic heterocycles. The summed E-state index contributed by atoms with van der Waals surface area (Å²) in [7, 11) is 1.71. The second-order valence-corrected chi connectivity index (χ2v) is 8.79. The molecule has 6 nitrogen and oxygen atoms in total. The molecule has 1 amide bonds. The highest BCUT2D eigenvalue weighted by Crippen LogP contribution is 2.29. The van der Waals surface area contributed by atoms with Crippen molar-refractivity contribution in [2.24, 2.45) is 4.99 Å². The number of amides is 1. The van der Waals surface area contributed by atoms with Crippen LogP contribution >= 0.6 is 35.3 Å². The first-order valence-corrected chi connectivity index (χ1v) is 11.5. The van der Waals surface area contributed by atoms with E-state index < -0.39 is 6.10 Å². The zero-order chi connectivity index (χ0) is 21.6. The summed E-state index contributed by atoms with van der Waals surface area (Å²) in [4.78, 5) is 19.1. The Morgan fingerprint density at radius 2 is 1.94 bits per heavy atom. The van der Waals surface area contributed by atoms with Crippen LogP contribution in [-0.2, 0) is 11.3 Å². The summed E-state index contributed by atoms with van der Waals surface area (Å²) in [6.07, 6.45) is 2.08. The number of fused-ring (bicyclic) bond motifs is 1. The molecule has 2 aromatic carbocycles. The maximum absolute atomic E-state index is 12.1. The van der Waals surface area contributed by atoms with E-state index in [9.17, 15) is 9.90 Å². The van der Waals surface area contributed by atoms with Crippen LogP contribution in [-0.4, -0.2) is 37.1 Å². The van der Waals surface area contributed by atoms with Crippen LogP contribution in [0, 0.1) is 0 Å². The SMILES string of the molecule is CN=C(NCc1ccc(N2CCCCC2=O)cc1)NCC(O)c1cc2ccccc2s1.I. The van der Waals surface area contributed by atoms with Crippen molar-refractivity contribution < 1.29 is 9.90 Å². The van der Waals surface area contributed by atoms with Gasteiger partial charge in [0.2, 0.25) is 5.91 Å². The fourth-order valence-electron chi connectivity index (χ4n) is 3.74. The molecule has 2 heterocycles. The Hall–Kier alpha value is -2.17. The van der Waals surface area contributed by atoms with Crippen LogP contribution in [0.2, 0.25) is 0 Å². The van der Waals surface area contributed by atoms with Crippen molar-refractivity contribution in [3.8, 4) is 0 Å². The van der Waals surface area contributed by atoms with E-state index in [-0.39, 0.29) is 29.9 Å². The standard InChI is InChI=1S/C24H28N4O2S.HI/c1-25-24(27-16-20(29)22-14-18-6-2-3-7-21(18)31-22)26-15-17-9-11-19(12-10-17)28-13-5-4-8-23(28)30;/h2-3,6-7,9-12,14,20,29H,4-5,8,13,15-16H2,1H3,(H2,25,26,27);1H. The van der Waals surface area contributed by atoms with Crippen LogP contribution in [0.4, 0.5) is 5.69 Å². The number of carbonyl (C=O) groups is 1. The topological polar surface area (TPSA) is 77.0 Å². The summed E-state index contributed by atoms with van der Waals surface area (Å²) >= 11 is 1.61. The summed E-state index contributed by atoms with van der Waals surface area (Å²) in [6, 6.07) is 18.2. The first-order chi connectivity index (χ1) is 15.1. The lowest BCUT2D eigenvalue weighted by atomic mass is 10.1. The molecule has 1 unspecified atom stereocenters. The van der Waals surface area contributed by atoms with Crippen LogP contribution in [0.25, 0.3) is 10.1 Å². The van der Waals surface area contributed by atoms with Crippen molar-refractivity contribution >= 4 is 63.0 Å². The molecule has 1 aromatic heterocycles. The van der Waals surface area contributed by atoms with Crippen molar-refractivity contribution in [3.05, 3.63) is 65.0 Å². The summed E-state index contributed by atoms with van der Waals surface area (Å²) in [6.45, 7) is 1.78. The van der Waals surface area contributed by atoms with Crippen molar-refractivity contribution in [2.75, 3.05) is 25.0 Å². The Bertz CT molecular complexity index is 1030. The van der Waals surface area contributed by atoms with Crippen LogP contribution in [0.3, 0.4) is 0 Å². The number of aliphatic imine (C=N–C) groups is 1. The van der Waals surface area contributed by atoms with E-state index in [1.807, 2.05) is 47.4 Å². The minimum atomic E-state index is -0.600. The number of hydrogen-bond donors (Lipinski definition) is 3. The molecule has 0 radical (unpaired) electrons. The van der Waals surface area contributed by atoms with Crippen molar-refractivity contribution in [1.29, 1.82) is 0 Å². The van der Waals surface area contributed by atoms with Crippen molar-refractivity contribution in [3.63, 3.8) is 0 Å². The molecular weight excluding hydrogens is 535 g/mol. The average Bonchev–Trinajstić information content (AvgIpc) is 3.24. The Balaban J connectivity index is 0.00000289. The highest BCUT2D eigenvalue weighted by atomic mass is 127. The van der Waals surface area contributed by atoms with Gasteiger partial charge in [-0.3, -0.25) is 9.79 Å². The van der Waals surface area contributed by atoms with E-state index in [0.717, 1.165) is 40.9 Å². The fraction of sp³-hybridized carbons (Fsp3) is 0.333. The summed E-state index contributed by atoms with van der Waals surface area (Å²) in [5.41, 5.74) is 2.06. The smallest absolute Gasteiger partial charge is 0.226 e. The highest BCUT2D eigenvalue weighted by molar-refractivity contribution is 14.0. The number of piperidine rings is 1. The molecule has 0 saturated carbocycles. The molecule has 0 spiro atoms. The highest BCUT2D eigenvalue weighted by Gasteiger charge is 2.19. The van der Waals surface area contributed by atoms with Crippen molar-refractivity contribution in [1.82, 2.24) is 10.6 Å².